The molecule has 8 heteroatoms. The van der Waals surface area contributed by atoms with Crippen LogP contribution in [0.25, 0.3) is 32.2 Å². The largest absolute Gasteiger partial charge is 0.464 e. The third kappa shape index (κ3) is 2.72. The fourth-order valence-corrected chi connectivity index (χ4v) is 3.27. The molecule has 7 nitrogen and oxygen atoms in total. The van der Waals surface area contributed by atoms with Crippen molar-refractivity contribution >= 4 is 34.9 Å². The summed E-state index contributed by atoms with van der Waals surface area (Å²) in [6.45, 7) is 3.54. The smallest absolute Gasteiger partial charge is 0.172 e. The van der Waals surface area contributed by atoms with Gasteiger partial charge in [0.2, 0.25) is 0 Å². The number of pyridine rings is 2. The number of fused-ring (bicyclic) bond motifs is 1. The zero-order valence-electron chi connectivity index (χ0n) is 13.2. The molecule has 0 spiro atoms. The molecule has 0 fully saturated rings. The zero-order valence-corrected chi connectivity index (χ0v) is 14.1. The Kier molecular flexibility index (Phi) is 3.87. The van der Waals surface area contributed by atoms with Crippen LogP contribution in [0.1, 0.15) is 5.69 Å². The molecule has 122 valence electrons. The van der Waals surface area contributed by atoms with Crippen LogP contribution in [0.3, 0.4) is 0 Å². The summed E-state index contributed by atoms with van der Waals surface area (Å²) in [5, 5.41) is 10.9. The minimum absolute atomic E-state index is 0.441. The van der Waals surface area contributed by atoms with Gasteiger partial charge < -0.3 is 4.42 Å². The van der Waals surface area contributed by atoms with E-state index in [1.807, 2.05) is 18.2 Å². The van der Waals surface area contributed by atoms with Crippen molar-refractivity contribution < 1.29 is 4.42 Å². The SMILES string of the molecule is C=NC(=NC)c1cc2occc2c(-c2nnc(-c3cccnc3)s2)n1. The molecule has 0 radical (unpaired) electrons. The van der Waals surface area contributed by atoms with Crippen LogP contribution in [0, 0.1) is 0 Å². The molecule has 0 aromatic carbocycles. The molecule has 0 amide bonds. The fourth-order valence-electron chi connectivity index (χ4n) is 2.43. The van der Waals surface area contributed by atoms with Gasteiger partial charge in [0.05, 0.1) is 6.26 Å². The van der Waals surface area contributed by atoms with Crippen molar-refractivity contribution in [3.8, 4) is 21.3 Å². The molecule has 0 unspecified atom stereocenters. The van der Waals surface area contributed by atoms with Gasteiger partial charge in [-0.05, 0) is 24.9 Å². The molecule has 25 heavy (non-hydrogen) atoms. The highest BCUT2D eigenvalue weighted by Crippen LogP contribution is 2.33. The number of hydrogen-bond acceptors (Lipinski definition) is 7. The van der Waals surface area contributed by atoms with Gasteiger partial charge in [-0.2, -0.15) is 0 Å². The van der Waals surface area contributed by atoms with E-state index in [1.54, 1.807) is 31.8 Å². The highest BCUT2D eigenvalue weighted by molar-refractivity contribution is 7.18. The lowest BCUT2D eigenvalue weighted by molar-refractivity contribution is 0.615. The van der Waals surface area contributed by atoms with Crippen molar-refractivity contribution in [3.05, 3.63) is 48.6 Å². The first-order valence-corrected chi connectivity index (χ1v) is 8.18. The van der Waals surface area contributed by atoms with Crippen LogP contribution in [0.4, 0.5) is 0 Å². The standard InChI is InChI=1S/C17H12N6OS/c1-18-15(19-2)12-8-13-11(5-7-24-13)14(21-12)17-23-22-16(25-17)10-4-3-6-20-9-10/h3-9H,1H2,2H3. The monoisotopic (exact) mass is 348 g/mol. The number of furan rings is 1. The summed E-state index contributed by atoms with van der Waals surface area (Å²) in [7, 11) is 1.64. The fraction of sp³-hybridized carbons (Fsp3) is 0.0588. The Hall–Kier alpha value is -3.26. The van der Waals surface area contributed by atoms with Crippen molar-refractivity contribution in [3.63, 3.8) is 0 Å². The van der Waals surface area contributed by atoms with E-state index in [1.165, 1.54) is 11.3 Å². The van der Waals surface area contributed by atoms with E-state index in [0.717, 1.165) is 16.0 Å². The van der Waals surface area contributed by atoms with Crippen molar-refractivity contribution in [2.45, 2.75) is 0 Å². The van der Waals surface area contributed by atoms with Crippen molar-refractivity contribution in [2.75, 3.05) is 7.05 Å². The number of aliphatic imine (C=N–C) groups is 2. The molecular weight excluding hydrogens is 336 g/mol. The van der Waals surface area contributed by atoms with Crippen molar-refractivity contribution in [1.82, 2.24) is 20.2 Å². The topological polar surface area (TPSA) is 89.4 Å². The maximum absolute atomic E-state index is 5.54. The van der Waals surface area contributed by atoms with Gasteiger partial charge in [-0.15, -0.1) is 10.2 Å². The minimum Gasteiger partial charge on any atom is -0.464 e. The van der Waals surface area contributed by atoms with Gasteiger partial charge in [-0.3, -0.25) is 9.98 Å². The van der Waals surface area contributed by atoms with E-state index >= 15 is 0 Å². The minimum atomic E-state index is 0.441. The Morgan fingerprint density at radius 2 is 2.12 bits per heavy atom. The highest BCUT2D eigenvalue weighted by atomic mass is 32.1. The van der Waals surface area contributed by atoms with Crippen LogP contribution >= 0.6 is 11.3 Å². The Bertz CT molecular complexity index is 1080. The second kappa shape index (κ2) is 6.33. The average molecular weight is 348 g/mol. The number of nitrogens with zero attached hydrogens (tertiary/aromatic N) is 6. The first-order chi connectivity index (χ1) is 12.3. The van der Waals surface area contributed by atoms with Crippen LogP contribution in [0.15, 0.2) is 57.3 Å². The van der Waals surface area contributed by atoms with Gasteiger partial charge in [0.15, 0.2) is 10.8 Å². The number of amidine groups is 1. The molecule has 4 aromatic heterocycles. The first kappa shape index (κ1) is 15.3. The molecule has 0 saturated carbocycles. The molecule has 0 aliphatic heterocycles. The quantitative estimate of drug-likeness (QED) is 0.418. The van der Waals surface area contributed by atoms with Gasteiger partial charge in [-0.25, -0.2) is 9.98 Å². The van der Waals surface area contributed by atoms with Crippen molar-refractivity contribution in [2.24, 2.45) is 9.98 Å². The lowest BCUT2D eigenvalue weighted by Crippen LogP contribution is -2.01. The molecule has 0 saturated heterocycles. The van der Waals surface area contributed by atoms with E-state index in [0.29, 0.717) is 27.8 Å². The van der Waals surface area contributed by atoms with Crippen molar-refractivity contribution in [1.29, 1.82) is 0 Å². The summed E-state index contributed by atoms with van der Waals surface area (Å²) in [6, 6.07) is 7.46. The van der Waals surface area contributed by atoms with Gasteiger partial charge in [0.25, 0.3) is 0 Å². The lowest BCUT2D eigenvalue weighted by Gasteiger charge is -2.03. The third-order valence-electron chi connectivity index (χ3n) is 3.58. The summed E-state index contributed by atoms with van der Waals surface area (Å²) in [5.41, 5.74) is 2.85. The lowest BCUT2D eigenvalue weighted by atomic mass is 10.2. The van der Waals surface area contributed by atoms with Crippen LogP contribution in [0.5, 0.6) is 0 Å². The predicted octanol–water partition coefficient (Wildman–Crippen LogP) is 3.49. The van der Waals surface area contributed by atoms with Crippen LogP contribution in [-0.2, 0) is 0 Å². The second-order valence-electron chi connectivity index (χ2n) is 5.05. The molecule has 0 bridgehead atoms. The predicted molar refractivity (Wildman–Crippen MR) is 98.2 cm³/mol. The van der Waals surface area contributed by atoms with Gasteiger partial charge in [-0.1, -0.05) is 11.3 Å². The van der Waals surface area contributed by atoms with E-state index in [-0.39, 0.29) is 0 Å². The Labute approximate surface area is 146 Å². The molecule has 4 rings (SSSR count). The molecule has 4 aromatic rings. The molecule has 0 atom stereocenters. The Morgan fingerprint density at radius 3 is 2.88 bits per heavy atom. The van der Waals surface area contributed by atoms with Gasteiger partial charge in [0.1, 0.15) is 22.0 Å². The summed E-state index contributed by atoms with van der Waals surface area (Å²) in [5.74, 6) is 0.441. The van der Waals surface area contributed by atoms with Crippen LogP contribution < -0.4 is 0 Å². The number of aromatic nitrogens is 4. The summed E-state index contributed by atoms with van der Waals surface area (Å²) < 4.78 is 5.54. The summed E-state index contributed by atoms with van der Waals surface area (Å²) >= 11 is 1.44. The van der Waals surface area contributed by atoms with Gasteiger partial charge in [0, 0.05) is 36.5 Å². The van der Waals surface area contributed by atoms with E-state index in [9.17, 15) is 0 Å². The summed E-state index contributed by atoms with van der Waals surface area (Å²) in [4.78, 5) is 16.8. The van der Waals surface area contributed by atoms with Crippen LogP contribution in [0.2, 0.25) is 0 Å². The second-order valence-corrected chi connectivity index (χ2v) is 6.03. The van der Waals surface area contributed by atoms with Gasteiger partial charge >= 0.3 is 0 Å². The molecule has 4 heterocycles. The molecule has 0 aliphatic rings. The number of rotatable bonds is 3. The van der Waals surface area contributed by atoms with E-state index in [2.05, 4.69) is 36.9 Å². The maximum atomic E-state index is 5.54. The first-order valence-electron chi connectivity index (χ1n) is 7.36. The maximum Gasteiger partial charge on any atom is 0.172 e. The number of hydrogen-bond donors (Lipinski definition) is 0. The third-order valence-corrected chi connectivity index (χ3v) is 4.56. The molecular formula is C17H12N6OS. The Morgan fingerprint density at radius 1 is 1.24 bits per heavy atom. The Balaban J connectivity index is 1.88. The van der Waals surface area contributed by atoms with E-state index < -0.39 is 0 Å². The summed E-state index contributed by atoms with van der Waals surface area (Å²) in [6.07, 6.45) is 5.09. The van der Waals surface area contributed by atoms with Crippen LogP contribution in [-0.4, -0.2) is 39.8 Å². The normalized spacial score (nSPS) is 11.8. The average Bonchev–Trinajstić information content (AvgIpc) is 3.32. The molecule has 0 aliphatic carbocycles. The zero-order chi connectivity index (χ0) is 17.2. The van der Waals surface area contributed by atoms with E-state index in [4.69, 9.17) is 4.42 Å². The highest BCUT2D eigenvalue weighted by Gasteiger charge is 2.17. The molecule has 0 N–H and O–H groups in total.